The van der Waals surface area contributed by atoms with E-state index < -0.39 is 6.09 Å². The summed E-state index contributed by atoms with van der Waals surface area (Å²) >= 11 is 1.63. The highest BCUT2D eigenvalue weighted by Gasteiger charge is 2.19. The highest BCUT2D eigenvalue weighted by atomic mass is 32.2. The van der Waals surface area contributed by atoms with Crippen molar-refractivity contribution in [1.82, 2.24) is 0 Å². The van der Waals surface area contributed by atoms with Gasteiger partial charge in [-0.1, -0.05) is 30.0 Å². The molecule has 0 spiro atoms. The fraction of sp³-hybridized carbons (Fsp3) is 0. The fourth-order valence-electron chi connectivity index (χ4n) is 1.82. The first-order valence-electron chi connectivity index (χ1n) is 5.38. The summed E-state index contributed by atoms with van der Waals surface area (Å²) in [6.07, 6.45) is -0.811. The number of carbonyl (C=O) groups is 1. The van der Waals surface area contributed by atoms with Crippen LogP contribution >= 0.6 is 11.8 Å². The van der Waals surface area contributed by atoms with Crippen molar-refractivity contribution < 1.29 is 9.53 Å². The number of para-hydroxylation sites is 2. The van der Waals surface area contributed by atoms with Crippen LogP contribution in [0.1, 0.15) is 0 Å². The van der Waals surface area contributed by atoms with E-state index in [-0.39, 0.29) is 0 Å². The summed E-state index contributed by atoms with van der Waals surface area (Å²) in [4.78, 5) is 13.0. The molecule has 2 aromatic carbocycles. The second kappa shape index (κ2) is 4.27. The molecule has 1 heterocycles. The molecule has 0 bridgehead atoms. The number of nitrogens with two attached hydrogens (primary N) is 1. The van der Waals surface area contributed by atoms with Crippen molar-refractivity contribution in [2.75, 3.05) is 5.32 Å². The van der Waals surface area contributed by atoms with E-state index in [4.69, 9.17) is 10.5 Å². The summed E-state index contributed by atoms with van der Waals surface area (Å²) in [6, 6.07) is 13.5. The van der Waals surface area contributed by atoms with Gasteiger partial charge in [0.1, 0.15) is 0 Å². The lowest BCUT2D eigenvalue weighted by Crippen LogP contribution is -2.17. The van der Waals surface area contributed by atoms with Crippen molar-refractivity contribution >= 4 is 29.2 Å². The van der Waals surface area contributed by atoms with E-state index in [2.05, 4.69) is 5.32 Å². The Morgan fingerprint density at radius 1 is 1.11 bits per heavy atom. The molecule has 4 nitrogen and oxygen atoms in total. The minimum Gasteiger partial charge on any atom is -0.408 e. The van der Waals surface area contributed by atoms with Crippen LogP contribution in [0.4, 0.5) is 16.2 Å². The number of ether oxygens (including phenoxy) is 1. The predicted octanol–water partition coefficient (Wildman–Crippen LogP) is 3.35. The Morgan fingerprint density at radius 2 is 1.89 bits per heavy atom. The molecule has 1 aliphatic heterocycles. The first-order valence-corrected chi connectivity index (χ1v) is 6.20. The summed E-state index contributed by atoms with van der Waals surface area (Å²) < 4.78 is 4.99. The van der Waals surface area contributed by atoms with Crippen LogP contribution in [0.25, 0.3) is 0 Å². The Balaban J connectivity index is 2.04. The molecule has 0 fully saturated rings. The van der Waals surface area contributed by atoms with Gasteiger partial charge in [0, 0.05) is 9.79 Å². The van der Waals surface area contributed by atoms with E-state index in [1.807, 2.05) is 36.4 Å². The lowest BCUT2D eigenvalue weighted by Gasteiger charge is -2.22. The number of carbonyl (C=O) groups excluding carboxylic acids is 1. The number of nitrogens with one attached hydrogen (secondary N) is 1. The van der Waals surface area contributed by atoms with E-state index in [1.54, 1.807) is 17.8 Å². The van der Waals surface area contributed by atoms with Gasteiger partial charge in [-0.25, -0.2) is 4.79 Å². The third kappa shape index (κ3) is 1.89. The average molecular weight is 258 g/mol. The number of anilines is 2. The third-order valence-corrected chi connectivity index (χ3v) is 3.70. The van der Waals surface area contributed by atoms with E-state index in [0.29, 0.717) is 5.75 Å². The third-order valence-electron chi connectivity index (χ3n) is 2.57. The van der Waals surface area contributed by atoms with Crippen molar-refractivity contribution in [3.63, 3.8) is 0 Å². The molecular formula is C13H10N2O2S. The smallest absolute Gasteiger partial charge is 0.408 e. The van der Waals surface area contributed by atoms with Crippen LogP contribution in [-0.2, 0) is 0 Å². The Bertz CT molecular complexity index is 628. The molecule has 5 heteroatoms. The summed E-state index contributed by atoms with van der Waals surface area (Å²) in [6.45, 7) is 0. The van der Waals surface area contributed by atoms with Crippen LogP contribution in [0.15, 0.2) is 52.3 Å². The molecule has 2 aromatic rings. The molecule has 18 heavy (non-hydrogen) atoms. The molecule has 0 radical (unpaired) electrons. The standard InChI is InChI=1S/C13H10N2O2S/c14-13(16)17-9-5-3-7-11-12(9)15-8-4-1-2-6-10(8)18-11/h1-7,15H,(H2,14,16). The van der Waals surface area contributed by atoms with Gasteiger partial charge in [-0.3, -0.25) is 0 Å². The first kappa shape index (κ1) is 11.0. The van der Waals surface area contributed by atoms with Crippen LogP contribution in [0.2, 0.25) is 0 Å². The second-order valence-electron chi connectivity index (χ2n) is 3.77. The van der Waals surface area contributed by atoms with Gasteiger partial charge in [0.2, 0.25) is 0 Å². The maximum Gasteiger partial charge on any atom is 0.410 e. The molecule has 0 atom stereocenters. The molecule has 1 amide bonds. The molecular weight excluding hydrogens is 248 g/mol. The number of fused-ring (bicyclic) bond motifs is 2. The Hall–Kier alpha value is -2.14. The monoisotopic (exact) mass is 258 g/mol. The average Bonchev–Trinajstić information content (AvgIpc) is 2.36. The van der Waals surface area contributed by atoms with Crippen molar-refractivity contribution in [1.29, 1.82) is 0 Å². The highest BCUT2D eigenvalue weighted by Crippen LogP contribution is 2.47. The Kier molecular flexibility index (Phi) is 2.60. The lowest BCUT2D eigenvalue weighted by molar-refractivity contribution is 0.211. The maximum absolute atomic E-state index is 10.9. The van der Waals surface area contributed by atoms with Crippen molar-refractivity contribution in [2.45, 2.75) is 9.79 Å². The summed E-state index contributed by atoms with van der Waals surface area (Å²) in [7, 11) is 0. The number of amides is 1. The van der Waals surface area contributed by atoms with Crippen molar-refractivity contribution in [3.05, 3.63) is 42.5 Å². The van der Waals surface area contributed by atoms with Crippen LogP contribution in [0.3, 0.4) is 0 Å². The topological polar surface area (TPSA) is 64.4 Å². The van der Waals surface area contributed by atoms with Gasteiger partial charge in [0.25, 0.3) is 0 Å². The minimum absolute atomic E-state index is 0.446. The van der Waals surface area contributed by atoms with Gasteiger partial charge in [0.15, 0.2) is 5.75 Å². The highest BCUT2D eigenvalue weighted by molar-refractivity contribution is 7.99. The normalized spacial score (nSPS) is 12.0. The zero-order chi connectivity index (χ0) is 12.5. The summed E-state index contributed by atoms with van der Waals surface area (Å²) in [5.41, 5.74) is 6.83. The van der Waals surface area contributed by atoms with Gasteiger partial charge in [0.05, 0.1) is 11.4 Å². The maximum atomic E-state index is 10.9. The molecule has 0 aromatic heterocycles. The second-order valence-corrected chi connectivity index (χ2v) is 4.86. The minimum atomic E-state index is -0.811. The summed E-state index contributed by atoms with van der Waals surface area (Å²) in [5, 5.41) is 3.26. The van der Waals surface area contributed by atoms with Crippen molar-refractivity contribution in [3.8, 4) is 5.75 Å². The summed E-state index contributed by atoms with van der Waals surface area (Å²) in [5.74, 6) is 0.446. The number of primary amides is 1. The van der Waals surface area contributed by atoms with Gasteiger partial charge in [-0.15, -0.1) is 0 Å². The number of hydrogen-bond acceptors (Lipinski definition) is 4. The van der Waals surface area contributed by atoms with Gasteiger partial charge in [-0.2, -0.15) is 0 Å². The fourth-order valence-corrected chi connectivity index (χ4v) is 2.84. The number of benzene rings is 2. The van der Waals surface area contributed by atoms with E-state index in [9.17, 15) is 4.79 Å². The lowest BCUT2D eigenvalue weighted by atomic mass is 10.2. The zero-order valence-corrected chi connectivity index (χ0v) is 10.2. The molecule has 0 unspecified atom stereocenters. The van der Waals surface area contributed by atoms with E-state index in [1.165, 1.54) is 0 Å². The van der Waals surface area contributed by atoms with Crippen LogP contribution in [0.5, 0.6) is 5.75 Å². The van der Waals surface area contributed by atoms with Gasteiger partial charge in [-0.05, 0) is 24.3 Å². The SMILES string of the molecule is NC(=O)Oc1cccc2c1Nc1ccccc1S2. The predicted molar refractivity (Wildman–Crippen MR) is 70.5 cm³/mol. The Morgan fingerprint density at radius 3 is 2.72 bits per heavy atom. The van der Waals surface area contributed by atoms with E-state index >= 15 is 0 Å². The first-order chi connectivity index (χ1) is 8.74. The Labute approximate surface area is 108 Å². The van der Waals surface area contributed by atoms with Crippen LogP contribution in [0, 0.1) is 0 Å². The largest absolute Gasteiger partial charge is 0.410 e. The van der Waals surface area contributed by atoms with Crippen LogP contribution < -0.4 is 15.8 Å². The zero-order valence-electron chi connectivity index (χ0n) is 9.34. The van der Waals surface area contributed by atoms with Crippen LogP contribution in [-0.4, -0.2) is 6.09 Å². The molecule has 1 aliphatic rings. The molecule has 0 saturated carbocycles. The molecule has 90 valence electrons. The van der Waals surface area contributed by atoms with Gasteiger partial charge >= 0.3 is 6.09 Å². The quantitative estimate of drug-likeness (QED) is 0.702. The number of hydrogen-bond donors (Lipinski definition) is 2. The molecule has 3 N–H and O–H groups in total. The van der Waals surface area contributed by atoms with Gasteiger partial charge < -0.3 is 15.8 Å². The van der Waals surface area contributed by atoms with Crippen molar-refractivity contribution in [2.24, 2.45) is 5.73 Å². The molecule has 3 rings (SSSR count). The van der Waals surface area contributed by atoms with E-state index in [0.717, 1.165) is 21.2 Å². The number of rotatable bonds is 1. The molecule has 0 saturated heterocycles. The molecule has 0 aliphatic carbocycles.